The zero-order valence-electron chi connectivity index (χ0n) is 27.2. The summed E-state index contributed by atoms with van der Waals surface area (Å²) in [5, 5.41) is 9.78. The molecule has 6 rings (SSSR count). The van der Waals surface area contributed by atoms with Crippen LogP contribution in [0.3, 0.4) is 0 Å². The molecule has 2 aromatic heterocycles. The van der Waals surface area contributed by atoms with E-state index in [0.717, 1.165) is 50.0 Å². The molecule has 0 amide bonds. The Balaban J connectivity index is 0.000000216. The van der Waals surface area contributed by atoms with Gasteiger partial charge in [0.05, 0.1) is 29.3 Å². The fourth-order valence-corrected chi connectivity index (χ4v) is 6.56. The first-order valence-electron chi connectivity index (χ1n) is 15.7. The van der Waals surface area contributed by atoms with Crippen molar-refractivity contribution in [2.45, 2.75) is 51.9 Å². The smallest absolute Gasteiger partial charge is 0.334 e. The van der Waals surface area contributed by atoms with Crippen molar-refractivity contribution in [1.82, 2.24) is 18.7 Å². The Labute approximate surface area is 304 Å². The Bertz CT molecular complexity index is 2140. The molecule has 0 saturated carbocycles. The number of rotatable bonds is 9. The zero-order valence-corrected chi connectivity index (χ0v) is 29.5. The molecule has 2 aliphatic heterocycles. The van der Waals surface area contributed by atoms with Gasteiger partial charge >= 0.3 is 5.97 Å². The third-order valence-corrected chi connectivity index (χ3v) is 9.25. The lowest BCUT2D eigenvalue weighted by Crippen LogP contribution is -2.27. The number of hydrogen-bond acceptors (Lipinski definition) is 7. The lowest BCUT2D eigenvalue weighted by Gasteiger charge is -2.17. The quantitative estimate of drug-likeness (QED) is 0.0848. The summed E-state index contributed by atoms with van der Waals surface area (Å²) >= 11 is 18.2. The van der Waals surface area contributed by atoms with Crippen LogP contribution in [0, 0.1) is 17.5 Å². The van der Waals surface area contributed by atoms with Crippen molar-refractivity contribution in [3.63, 3.8) is 0 Å². The molecule has 4 aromatic rings. The normalized spacial score (nSPS) is 13.8. The van der Waals surface area contributed by atoms with Gasteiger partial charge in [-0.1, -0.05) is 47.5 Å². The number of carbonyl (C=O) groups excluding carboxylic acids is 1. The summed E-state index contributed by atoms with van der Waals surface area (Å²) < 4.78 is 64.3. The number of aromatic hydroxyl groups is 1. The number of aromatic nitrogens is 4. The van der Waals surface area contributed by atoms with E-state index in [1.54, 1.807) is 9.36 Å². The van der Waals surface area contributed by atoms with Gasteiger partial charge in [0, 0.05) is 43.4 Å². The molecule has 0 fully saturated rings. The van der Waals surface area contributed by atoms with Gasteiger partial charge < -0.3 is 19.3 Å². The highest BCUT2D eigenvalue weighted by atomic mass is 35.5. The molecular weight excluding hydrogens is 740 g/mol. The van der Waals surface area contributed by atoms with Gasteiger partial charge in [-0.2, -0.15) is 0 Å². The largest absolute Gasteiger partial charge is 0.506 e. The number of ether oxygens (including phenoxy) is 3. The van der Waals surface area contributed by atoms with Crippen molar-refractivity contribution in [2.75, 3.05) is 20.3 Å². The van der Waals surface area contributed by atoms with Crippen LogP contribution in [-0.4, -0.2) is 50.1 Å². The second kappa shape index (κ2) is 16.2. The standard InChI is InChI=1S/C21H21ClF2N2O5.C13H11Cl2FN2O2/c1-3-8-30-18(27)9-13(29-2)12-31-17-10-14(15(23)11-16(17)24)19-20(22)25-6-4-5-7-26(25)21(19)28;14-8-6-9(16)7(5-10(8)19)11-12(15)17-3-1-2-4-18(17)13(11)20/h3,9-11H,1,4-8,12H2,2H3;5-6,19H,1-4H2/b13-9+;. The predicted molar refractivity (Wildman–Crippen MR) is 185 cm³/mol. The van der Waals surface area contributed by atoms with Crippen LogP contribution in [0.15, 0.2) is 58.3 Å². The van der Waals surface area contributed by atoms with E-state index >= 15 is 0 Å². The van der Waals surface area contributed by atoms with E-state index in [1.807, 2.05) is 0 Å². The number of methoxy groups -OCH3 is 1. The van der Waals surface area contributed by atoms with Gasteiger partial charge in [0.15, 0.2) is 11.6 Å². The van der Waals surface area contributed by atoms with E-state index in [0.29, 0.717) is 32.2 Å². The van der Waals surface area contributed by atoms with Crippen LogP contribution >= 0.6 is 34.8 Å². The molecule has 0 aliphatic carbocycles. The van der Waals surface area contributed by atoms with E-state index in [4.69, 9.17) is 49.0 Å². The monoisotopic (exact) mass is 770 g/mol. The summed E-state index contributed by atoms with van der Waals surface area (Å²) in [4.78, 5) is 36.8. The third-order valence-electron chi connectivity index (χ3n) is 8.18. The second-order valence-corrected chi connectivity index (χ2v) is 12.5. The molecule has 0 unspecified atom stereocenters. The molecular formula is C34H32Cl3F3N4O7. The molecule has 0 bridgehead atoms. The van der Waals surface area contributed by atoms with Gasteiger partial charge in [-0.3, -0.25) is 19.0 Å². The number of phenolic OH excluding ortho intramolecular Hbond substituents is 1. The summed E-state index contributed by atoms with van der Waals surface area (Å²) in [5.41, 5.74) is -0.996. The van der Waals surface area contributed by atoms with Crippen molar-refractivity contribution >= 4 is 40.8 Å². The second-order valence-electron chi connectivity index (χ2n) is 11.4. The number of halogens is 6. The van der Waals surface area contributed by atoms with E-state index in [9.17, 15) is 32.7 Å². The summed E-state index contributed by atoms with van der Waals surface area (Å²) in [7, 11) is 1.30. The fourth-order valence-electron chi connectivity index (χ4n) is 5.69. The predicted octanol–water partition coefficient (Wildman–Crippen LogP) is 6.94. The molecule has 0 saturated heterocycles. The van der Waals surface area contributed by atoms with Crippen molar-refractivity contribution in [1.29, 1.82) is 0 Å². The van der Waals surface area contributed by atoms with E-state index in [2.05, 4.69) is 6.58 Å². The molecule has 1 N–H and O–H groups in total. The van der Waals surface area contributed by atoms with Crippen molar-refractivity contribution in [3.05, 3.63) is 102 Å². The first kappa shape index (κ1) is 37.7. The number of hydrogen-bond donors (Lipinski definition) is 1. The summed E-state index contributed by atoms with van der Waals surface area (Å²) in [6.45, 7) is 5.29. The first-order valence-corrected chi connectivity index (χ1v) is 16.8. The van der Waals surface area contributed by atoms with Crippen LogP contribution in [0.5, 0.6) is 11.5 Å². The van der Waals surface area contributed by atoms with Gasteiger partial charge in [0.25, 0.3) is 11.1 Å². The van der Waals surface area contributed by atoms with Gasteiger partial charge in [-0.15, -0.1) is 0 Å². The number of benzene rings is 2. The van der Waals surface area contributed by atoms with Crippen LogP contribution in [0.4, 0.5) is 13.2 Å². The molecule has 0 spiro atoms. The van der Waals surface area contributed by atoms with Crippen LogP contribution < -0.4 is 15.9 Å². The Kier molecular flexibility index (Phi) is 12.0. The first-order chi connectivity index (χ1) is 24.4. The number of esters is 1. The molecule has 4 heterocycles. The van der Waals surface area contributed by atoms with Crippen LogP contribution in [0.1, 0.15) is 25.7 Å². The highest BCUT2D eigenvalue weighted by Crippen LogP contribution is 2.36. The zero-order chi connectivity index (χ0) is 37.0. The summed E-state index contributed by atoms with van der Waals surface area (Å²) in [6.07, 6.45) is 5.89. The Morgan fingerprint density at radius 2 is 1.33 bits per heavy atom. The van der Waals surface area contributed by atoms with Crippen LogP contribution in [0.2, 0.25) is 15.3 Å². The number of carbonyl (C=O) groups is 1. The van der Waals surface area contributed by atoms with E-state index in [-0.39, 0.29) is 73.6 Å². The lowest BCUT2D eigenvalue weighted by atomic mass is 10.1. The lowest BCUT2D eigenvalue weighted by molar-refractivity contribution is -0.136. The minimum absolute atomic E-state index is 0.0150. The number of nitrogens with zero attached hydrogens (tertiary/aromatic N) is 4. The van der Waals surface area contributed by atoms with E-state index < -0.39 is 29.0 Å². The minimum atomic E-state index is -0.980. The average Bonchev–Trinajstić information content (AvgIpc) is 3.52. The molecule has 2 aliphatic rings. The molecule has 11 nitrogen and oxygen atoms in total. The van der Waals surface area contributed by atoms with Gasteiger partial charge in [-0.25, -0.2) is 27.3 Å². The Morgan fingerprint density at radius 1 is 0.824 bits per heavy atom. The Morgan fingerprint density at radius 3 is 1.84 bits per heavy atom. The van der Waals surface area contributed by atoms with Crippen molar-refractivity contribution in [2.24, 2.45) is 0 Å². The van der Waals surface area contributed by atoms with Gasteiger partial charge in [-0.05, 0) is 43.9 Å². The maximum absolute atomic E-state index is 14.6. The maximum atomic E-state index is 14.6. The van der Waals surface area contributed by atoms with Crippen molar-refractivity contribution in [3.8, 4) is 33.8 Å². The molecule has 0 radical (unpaired) electrons. The molecule has 0 atom stereocenters. The minimum Gasteiger partial charge on any atom is -0.506 e. The Hall–Kier alpha value is -4.53. The highest BCUT2D eigenvalue weighted by Gasteiger charge is 2.27. The molecule has 272 valence electrons. The van der Waals surface area contributed by atoms with E-state index in [1.165, 1.54) is 22.5 Å². The van der Waals surface area contributed by atoms with Crippen LogP contribution in [0.25, 0.3) is 22.3 Å². The highest BCUT2D eigenvalue weighted by molar-refractivity contribution is 6.33. The third kappa shape index (κ3) is 7.87. The number of fused-ring (bicyclic) bond motifs is 2. The van der Waals surface area contributed by atoms with Gasteiger partial charge in [0.1, 0.15) is 46.7 Å². The molecule has 2 aromatic carbocycles. The van der Waals surface area contributed by atoms with Crippen LogP contribution in [-0.2, 0) is 40.4 Å². The fraction of sp³-hybridized carbons (Fsp3) is 0.324. The van der Waals surface area contributed by atoms with Gasteiger partial charge in [0.2, 0.25) is 0 Å². The number of phenols is 1. The molecule has 51 heavy (non-hydrogen) atoms. The summed E-state index contributed by atoms with van der Waals surface area (Å²) in [6, 6.07) is 3.80. The SMILES string of the molecule is C=CCOC(=O)/C=C(\COc1cc(-c2c(Cl)n3n(c2=O)CCCC3)c(F)cc1F)OC.O=c1c(-c2cc(O)c(Cl)cc2F)c(Cl)n2n1CCCC2. The topological polar surface area (TPSA) is 119 Å². The maximum Gasteiger partial charge on any atom is 0.334 e. The average molecular weight is 772 g/mol. The molecule has 17 heteroatoms. The van der Waals surface area contributed by atoms with Crippen molar-refractivity contribution < 1.29 is 37.3 Å². The summed E-state index contributed by atoms with van der Waals surface area (Å²) in [5.74, 6) is -3.86.